The van der Waals surface area contributed by atoms with Gasteiger partial charge in [0, 0.05) is 12.2 Å². The summed E-state index contributed by atoms with van der Waals surface area (Å²) in [6.07, 6.45) is 1.77. The van der Waals surface area contributed by atoms with Crippen LogP contribution in [0.3, 0.4) is 0 Å². The molecule has 0 aliphatic rings. The van der Waals surface area contributed by atoms with Crippen molar-refractivity contribution in [2.45, 2.75) is 32.9 Å². The van der Waals surface area contributed by atoms with Crippen LogP contribution in [0, 0.1) is 5.92 Å². The highest BCUT2D eigenvalue weighted by Gasteiger charge is 2.13. The van der Waals surface area contributed by atoms with Crippen molar-refractivity contribution in [1.29, 1.82) is 0 Å². The zero-order valence-electron chi connectivity index (χ0n) is 13.6. The van der Waals surface area contributed by atoms with Gasteiger partial charge in [-0.2, -0.15) is 0 Å². The number of nitrogens with one attached hydrogen (secondary N) is 2. The maximum absolute atomic E-state index is 12.3. The Hall–Kier alpha value is -2.27. The van der Waals surface area contributed by atoms with Crippen molar-refractivity contribution in [2.24, 2.45) is 5.92 Å². The van der Waals surface area contributed by atoms with E-state index in [9.17, 15) is 9.90 Å². The molecule has 0 spiro atoms. The van der Waals surface area contributed by atoms with Crippen LogP contribution in [0.15, 0.2) is 47.1 Å². The van der Waals surface area contributed by atoms with Gasteiger partial charge in [0.05, 0.1) is 24.5 Å². The van der Waals surface area contributed by atoms with E-state index in [0.717, 1.165) is 11.4 Å². The van der Waals surface area contributed by atoms with Gasteiger partial charge in [-0.1, -0.05) is 26.0 Å². The number of aliphatic hydroxyl groups excluding tert-OH is 1. The second-order valence-corrected chi connectivity index (χ2v) is 5.83. The van der Waals surface area contributed by atoms with E-state index >= 15 is 0 Å². The van der Waals surface area contributed by atoms with Crippen molar-refractivity contribution in [3.63, 3.8) is 0 Å². The first-order valence-electron chi connectivity index (χ1n) is 7.89. The molecule has 0 radical (unpaired) electrons. The minimum atomic E-state index is -0.400. The average molecular weight is 316 g/mol. The number of para-hydroxylation sites is 1. The second-order valence-electron chi connectivity index (χ2n) is 5.83. The lowest BCUT2D eigenvalue weighted by Crippen LogP contribution is -2.29. The molecular formula is C18H24N2O3. The van der Waals surface area contributed by atoms with Gasteiger partial charge in [0.1, 0.15) is 5.76 Å². The maximum atomic E-state index is 12.3. The lowest BCUT2D eigenvalue weighted by molar-refractivity contribution is 0.0921. The Morgan fingerprint density at radius 3 is 2.70 bits per heavy atom. The van der Waals surface area contributed by atoms with E-state index < -0.39 is 6.10 Å². The highest BCUT2D eigenvalue weighted by atomic mass is 16.3. The third kappa shape index (κ3) is 5.14. The quantitative estimate of drug-likeness (QED) is 0.700. The van der Waals surface area contributed by atoms with Gasteiger partial charge in [0.15, 0.2) is 0 Å². The zero-order valence-corrected chi connectivity index (χ0v) is 13.6. The largest absolute Gasteiger partial charge is 0.467 e. The van der Waals surface area contributed by atoms with E-state index in [1.165, 1.54) is 0 Å². The van der Waals surface area contributed by atoms with Crippen molar-refractivity contribution in [1.82, 2.24) is 5.32 Å². The number of aliphatic hydroxyl groups is 1. The first kappa shape index (κ1) is 17.1. The molecule has 1 aromatic carbocycles. The molecule has 0 saturated carbocycles. The molecule has 1 amide bonds. The molecule has 2 aromatic rings. The number of rotatable bonds is 8. The summed E-state index contributed by atoms with van der Waals surface area (Å²) >= 11 is 0. The van der Waals surface area contributed by atoms with Gasteiger partial charge in [0.2, 0.25) is 0 Å². The van der Waals surface area contributed by atoms with E-state index in [-0.39, 0.29) is 11.8 Å². The van der Waals surface area contributed by atoms with Crippen LogP contribution in [0.1, 0.15) is 36.4 Å². The molecule has 23 heavy (non-hydrogen) atoms. The Morgan fingerprint density at radius 1 is 1.22 bits per heavy atom. The standard InChI is InChI=1S/C18H24N2O3/c1-13(2)17(21)9-10-19-18(22)15-7-3-4-8-16(15)20-12-14-6-5-11-23-14/h3-8,11,13,17,20-21H,9-10,12H2,1-2H3,(H,19,22). The number of anilines is 1. The number of carbonyl (C=O) groups excluding carboxylic acids is 1. The van der Waals surface area contributed by atoms with Gasteiger partial charge in [-0.05, 0) is 36.6 Å². The van der Waals surface area contributed by atoms with Crippen LogP contribution in [-0.4, -0.2) is 23.7 Å². The van der Waals surface area contributed by atoms with E-state index in [4.69, 9.17) is 4.42 Å². The molecule has 5 heteroatoms. The number of furan rings is 1. The third-order valence-electron chi connectivity index (χ3n) is 3.70. The van der Waals surface area contributed by atoms with Crippen molar-refractivity contribution >= 4 is 11.6 Å². The first-order valence-corrected chi connectivity index (χ1v) is 7.89. The van der Waals surface area contributed by atoms with Crippen LogP contribution in [0.5, 0.6) is 0 Å². The molecule has 1 unspecified atom stereocenters. The summed E-state index contributed by atoms with van der Waals surface area (Å²) in [6, 6.07) is 11.1. The second kappa shape index (κ2) is 8.39. The molecule has 1 atom stereocenters. The fraction of sp³-hybridized carbons (Fsp3) is 0.389. The Kier molecular flexibility index (Phi) is 6.23. The maximum Gasteiger partial charge on any atom is 0.253 e. The van der Waals surface area contributed by atoms with E-state index in [2.05, 4.69) is 10.6 Å². The van der Waals surface area contributed by atoms with Crippen LogP contribution in [0.4, 0.5) is 5.69 Å². The van der Waals surface area contributed by atoms with Crippen LogP contribution < -0.4 is 10.6 Å². The normalized spacial score (nSPS) is 12.2. The van der Waals surface area contributed by atoms with Crippen LogP contribution in [0.2, 0.25) is 0 Å². The summed E-state index contributed by atoms with van der Waals surface area (Å²) in [5.74, 6) is 0.845. The van der Waals surface area contributed by atoms with Gasteiger partial charge in [-0.15, -0.1) is 0 Å². The fourth-order valence-corrected chi connectivity index (χ4v) is 2.19. The molecular weight excluding hydrogens is 292 g/mol. The Balaban J connectivity index is 1.92. The lowest BCUT2D eigenvalue weighted by atomic mass is 10.0. The summed E-state index contributed by atoms with van der Waals surface area (Å²) in [7, 11) is 0. The summed E-state index contributed by atoms with van der Waals surface area (Å²) in [4.78, 5) is 12.3. The van der Waals surface area contributed by atoms with Gasteiger partial charge in [-0.3, -0.25) is 4.79 Å². The highest BCUT2D eigenvalue weighted by Crippen LogP contribution is 2.16. The monoisotopic (exact) mass is 316 g/mol. The molecule has 2 rings (SSSR count). The van der Waals surface area contributed by atoms with Crippen LogP contribution >= 0.6 is 0 Å². The van der Waals surface area contributed by atoms with Crippen molar-refractivity contribution in [3.05, 3.63) is 54.0 Å². The predicted molar refractivity (Wildman–Crippen MR) is 90.3 cm³/mol. The molecule has 5 nitrogen and oxygen atoms in total. The number of hydrogen-bond donors (Lipinski definition) is 3. The number of carbonyl (C=O) groups is 1. The number of hydrogen-bond acceptors (Lipinski definition) is 4. The topological polar surface area (TPSA) is 74.5 Å². The van der Waals surface area contributed by atoms with Crippen LogP contribution in [-0.2, 0) is 6.54 Å². The summed E-state index contributed by atoms with van der Waals surface area (Å²) in [5.41, 5.74) is 1.34. The first-order chi connectivity index (χ1) is 11.1. The minimum Gasteiger partial charge on any atom is -0.467 e. The Bertz CT molecular complexity index is 608. The third-order valence-corrected chi connectivity index (χ3v) is 3.70. The Labute approximate surface area is 136 Å². The molecule has 124 valence electrons. The summed E-state index contributed by atoms with van der Waals surface area (Å²) < 4.78 is 5.28. The van der Waals surface area contributed by atoms with Crippen molar-refractivity contribution < 1.29 is 14.3 Å². The zero-order chi connectivity index (χ0) is 16.7. The molecule has 0 saturated heterocycles. The van der Waals surface area contributed by atoms with E-state index in [1.807, 2.05) is 44.2 Å². The summed E-state index contributed by atoms with van der Waals surface area (Å²) in [6.45, 7) is 4.88. The Morgan fingerprint density at radius 2 is 2.00 bits per heavy atom. The smallest absolute Gasteiger partial charge is 0.253 e. The lowest BCUT2D eigenvalue weighted by Gasteiger charge is -2.15. The highest BCUT2D eigenvalue weighted by molar-refractivity contribution is 5.99. The molecule has 3 N–H and O–H groups in total. The van der Waals surface area contributed by atoms with Crippen LogP contribution in [0.25, 0.3) is 0 Å². The van der Waals surface area contributed by atoms with Gasteiger partial charge < -0.3 is 20.2 Å². The van der Waals surface area contributed by atoms with Gasteiger partial charge in [0.25, 0.3) is 5.91 Å². The molecule has 1 aromatic heterocycles. The fourth-order valence-electron chi connectivity index (χ4n) is 2.19. The SMILES string of the molecule is CC(C)C(O)CCNC(=O)c1ccccc1NCc1ccco1. The van der Waals surface area contributed by atoms with E-state index in [1.54, 1.807) is 12.3 Å². The number of amides is 1. The molecule has 0 aliphatic heterocycles. The van der Waals surface area contributed by atoms with Crippen molar-refractivity contribution in [3.8, 4) is 0 Å². The predicted octanol–water partition coefficient (Wildman–Crippen LogP) is 3.03. The number of benzene rings is 1. The van der Waals surface area contributed by atoms with Gasteiger partial charge >= 0.3 is 0 Å². The summed E-state index contributed by atoms with van der Waals surface area (Å²) in [5, 5.41) is 15.8. The average Bonchev–Trinajstić information content (AvgIpc) is 3.06. The molecule has 0 aliphatic carbocycles. The van der Waals surface area contributed by atoms with E-state index in [0.29, 0.717) is 25.1 Å². The minimum absolute atomic E-state index is 0.150. The molecule has 1 heterocycles. The molecule has 0 fully saturated rings. The van der Waals surface area contributed by atoms with Crippen molar-refractivity contribution in [2.75, 3.05) is 11.9 Å². The molecule has 0 bridgehead atoms. The van der Waals surface area contributed by atoms with Gasteiger partial charge in [-0.25, -0.2) is 0 Å².